The zero-order chi connectivity index (χ0) is 9.84. The third kappa shape index (κ3) is 3.35. The molecule has 2 unspecified atom stereocenters. The number of hydrogen-bond acceptors (Lipinski definition) is 3. The first-order chi connectivity index (χ1) is 6.09. The van der Waals surface area contributed by atoms with E-state index >= 15 is 0 Å². The summed E-state index contributed by atoms with van der Waals surface area (Å²) in [6, 6.07) is 0. The number of ether oxygens (including phenoxy) is 1. The Hall–Kier alpha value is -0.570. The molecule has 0 saturated heterocycles. The Labute approximate surface area is 79.1 Å². The number of rotatable bonds is 2. The Kier molecular flexibility index (Phi) is 3.72. The molecule has 0 aromatic carbocycles. The Balaban J connectivity index is 2.31. The molecule has 3 atom stereocenters. The maximum absolute atomic E-state index is 11.0. The van der Waals surface area contributed by atoms with E-state index in [1.54, 1.807) is 0 Å². The SMILES string of the molecule is CC1CCCC(OC(=O)[C@@H](C)O)C1. The molecule has 0 spiro atoms. The molecule has 3 heteroatoms. The van der Waals surface area contributed by atoms with Gasteiger partial charge < -0.3 is 9.84 Å². The Morgan fingerprint density at radius 3 is 2.77 bits per heavy atom. The summed E-state index contributed by atoms with van der Waals surface area (Å²) in [5, 5.41) is 8.94. The van der Waals surface area contributed by atoms with Crippen molar-refractivity contribution in [2.45, 2.75) is 51.7 Å². The van der Waals surface area contributed by atoms with Gasteiger partial charge >= 0.3 is 5.97 Å². The fourth-order valence-electron chi connectivity index (χ4n) is 1.75. The highest BCUT2D eigenvalue weighted by Crippen LogP contribution is 2.25. The molecule has 1 aliphatic rings. The molecule has 13 heavy (non-hydrogen) atoms. The van der Waals surface area contributed by atoms with Crippen LogP contribution in [0.15, 0.2) is 0 Å². The first kappa shape index (κ1) is 10.5. The molecule has 1 aliphatic carbocycles. The van der Waals surface area contributed by atoms with Crippen LogP contribution in [0.25, 0.3) is 0 Å². The van der Waals surface area contributed by atoms with Crippen molar-refractivity contribution >= 4 is 5.97 Å². The molecule has 0 heterocycles. The number of carbonyl (C=O) groups excluding carboxylic acids is 1. The second kappa shape index (κ2) is 4.61. The van der Waals surface area contributed by atoms with Crippen LogP contribution < -0.4 is 0 Å². The van der Waals surface area contributed by atoms with Crippen LogP contribution in [0.3, 0.4) is 0 Å². The van der Waals surface area contributed by atoms with Crippen molar-refractivity contribution in [3.63, 3.8) is 0 Å². The summed E-state index contributed by atoms with van der Waals surface area (Å²) in [7, 11) is 0. The molecule has 1 saturated carbocycles. The van der Waals surface area contributed by atoms with Gasteiger partial charge in [-0.1, -0.05) is 13.3 Å². The van der Waals surface area contributed by atoms with Gasteiger partial charge in [0.25, 0.3) is 0 Å². The first-order valence-electron chi connectivity index (χ1n) is 4.98. The smallest absolute Gasteiger partial charge is 0.334 e. The molecule has 0 aliphatic heterocycles. The standard InChI is InChI=1S/C10H18O3/c1-7-4-3-5-9(6-7)13-10(12)8(2)11/h7-9,11H,3-6H2,1-2H3/t7?,8-,9?/m1/s1. The van der Waals surface area contributed by atoms with E-state index in [2.05, 4.69) is 6.92 Å². The largest absolute Gasteiger partial charge is 0.460 e. The van der Waals surface area contributed by atoms with Crippen LogP contribution in [0, 0.1) is 5.92 Å². The number of esters is 1. The molecule has 0 aromatic rings. The monoisotopic (exact) mass is 186 g/mol. The second-order valence-electron chi connectivity index (χ2n) is 4.01. The second-order valence-corrected chi connectivity index (χ2v) is 4.01. The highest BCUT2D eigenvalue weighted by Gasteiger charge is 2.23. The minimum atomic E-state index is -0.989. The van der Waals surface area contributed by atoms with Gasteiger partial charge in [-0.25, -0.2) is 4.79 Å². The van der Waals surface area contributed by atoms with Crippen LogP contribution in [-0.4, -0.2) is 23.3 Å². The van der Waals surface area contributed by atoms with Gasteiger partial charge in [0.2, 0.25) is 0 Å². The van der Waals surface area contributed by atoms with E-state index in [0.717, 1.165) is 19.3 Å². The summed E-state index contributed by atoms with van der Waals surface area (Å²) in [4.78, 5) is 11.0. The predicted octanol–water partition coefficient (Wildman–Crippen LogP) is 1.49. The summed E-state index contributed by atoms with van der Waals surface area (Å²) in [5.41, 5.74) is 0. The van der Waals surface area contributed by atoms with Gasteiger partial charge in [0.15, 0.2) is 0 Å². The van der Waals surface area contributed by atoms with Gasteiger partial charge in [0, 0.05) is 0 Å². The highest BCUT2D eigenvalue weighted by molar-refractivity contribution is 5.73. The van der Waals surface area contributed by atoms with Crippen molar-refractivity contribution in [1.29, 1.82) is 0 Å². The maximum atomic E-state index is 11.0. The third-order valence-electron chi connectivity index (χ3n) is 2.51. The van der Waals surface area contributed by atoms with E-state index in [1.165, 1.54) is 13.3 Å². The van der Waals surface area contributed by atoms with E-state index in [9.17, 15) is 4.79 Å². The van der Waals surface area contributed by atoms with Gasteiger partial charge in [-0.2, -0.15) is 0 Å². The lowest BCUT2D eigenvalue weighted by atomic mass is 9.89. The summed E-state index contributed by atoms with van der Waals surface area (Å²) >= 11 is 0. The molecule has 1 rings (SSSR count). The molecule has 3 nitrogen and oxygen atoms in total. The Morgan fingerprint density at radius 1 is 1.54 bits per heavy atom. The van der Waals surface area contributed by atoms with E-state index in [1.807, 2.05) is 0 Å². The van der Waals surface area contributed by atoms with Crippen molar-refractivity contribution < 1.29 is 14.6 Å². The van der Waals surface area contributed by atoms with Gasteiger partial charge in [-0.15, -0.1) is 0 Å². The van der Waals surface area contributed by atoms with Crippen molar-refractivity contribution in [3.05, 3.63) is 0 Å². The lowest BCUT2D eigenvalue weighted by Gasteiger charge is -2.26. The van der Waals surface area contributed by atoms with Crippen LogP contribution in [0.5, 0.6) is 0 Å². The molecule has 0 aromatic heterocycles. The Morgan fingerprint density at radius 2 is 2.23 bits per heavy atom. The fraction of sp³-hybridized carbons (Fsp3) is 0.900. The lowest BCUT2D eigenvalue weighted by molar-refractivity contribution is -0.160. The average Bonchev–Trinajstić information content (AvgIpc) is 2.04. The van der Waals surface area contributed by atoms with Gasteiger partial charge in [0.05, 0.1) is 0 Å². The zero-order valence-corrected chi connectivity index (χ0v) is 8.32. The van der Waals surface area contributed by atoms with Crippen LogP contribution in [0.2, 0.25) is 0 Å². The molecule has 0 bridgehead atoms. The number of hydrogen-bond donors (Lipinski definition) is 1. The van der Waals surface area contributed by atoms with Gasteiger partial charge in [-0.3, -0.25) is 0 Å². The molecule has 76 valence electrons. The summed E-state index contributed by atoms with van der Waals surface area (Å²) in [6.07, 6.45) is 3.28. The third-order valence-corrected chi connectivity index (χ3v) is 2.51. The summed E-state index contributed by atoms with van der Waals surface area (Å²) in [6.45, 7) is 3.61. The van der Waals surface area contributed by atoms with Crippen LogP contribution >= 0.6 is 0 Å². The van der Waals surface area contributed by atoms with E-state index < -0.39 is 12.1 Å². The highest BCUT2D eigenvalue weighted by atomic mass is 16.6. The quantitative estimate of drug-likeness (QED) is 0.664. The number of carbonyl (C=O) groups is 1. The zero-order valence-electron chi connectivity index (χ0n) is 8.32. The summed E-state index contributed by atoms with van der Waals surface area (Å²) < 4.78 is 5.13. The van der Waals surface area contributed by atoms with Crippen LogP contribution in [0.4, 0.5) is 0 Å². The fourth-order valence-corrected chi connectivity index (χ4v) is 1.75. The number of aliphatic hydroxyl groups is 1. The van der Waals surface area contributed by atoms with Crippen molar-refractivity contribution in [2.75, 3.05) is 0 Å². The Bertz CT molecular complexity index is 177. The molecule has 0 radical (unpaired) electrons. The lowest BCUT2D eigenvalue weighted by Crippen LogP contribution is -2.29. The summed E-state index contributed by atoms with van der Waals surface area (Å²) in [5.74, 6) is 0.152. The van der Waals surface area contributed by atoms with Crippen LogP contribution in [-0.2, 0) is 9.53 Å². The van der Waals surface area contributed by atoms with E-state index in [-0.39, 0.29) is 6.10 Å². The van der Waals surface area contributed by atoms with Crippen molar-refractivity contribution in [1.82, 2.24) is 0 Å². The topological polar surface area (TPSA) is 46.5 Å². The van der Waals surface area contributed by atoms with Gasteiger partial charge in [0.1, 0.15) is 12.2 Å². The predicted molar refractivity (Wildman–Crippen MR) is 49.2 cm³/mol. The molecule has 1 fully saturated rings. The van der Waals surface area contributed by atoms with Gasteiger partial charge in [-0.05, 0) is 32.1 Å². The maximum Gasteiger partial charge on any atom is 0.334 e. The first-order valence-corrected chi connectivity index (χ1v) is 4.98. The molecular weight excluding hydrogens is 168 g/mol. The molecule has 0 amide bonds. The average molecular weight is 186 g/mol. The minimum Gasteiger partial charge on any atom is -0.460 e. The van der Waals surface area contributed by atoms with E-state index in [4.69, 9.17) is 9.84 Å². The molecule has 1 N–H and O–H groups in total. The van der Waals surface area contributed by atoms with Crippen molar-refractivity contribution in [3.8, 4) is 0 Å². The molecular formula is C10H18O3. The van der Waals surface area contributed by atoms with E-state index in [0.29, 0.717) is 5.92 Å². The minimum absolute atomic E-state index is 0.0332. The normalized spacial score (nSPS) is 31.0. The number of aliphatic hydroxyl groups excluding tert-OH is 1. The van der Waals surface area contributed by atoms with Crippen molar-refractivity contribution in [2.24, 2.45) is 5.92 Å². The van der Waals surface area contributed by atoms with Crippen LogP contribution in [0.1, 0.15) is 39.5 Å².